The quantitative estimate of drug-likeness (QED) is 0.246. The van der Waals surface area contributed by atoms with Gasteiger partial charge in [-0.2, -0.15) is 0 Å². The van der Waals surface area contributed by atoms with E-state index < -0.39 is 6.09 Å². The topological polar surface area (TPSA) is 87.7 Å². The molecule has 0 fully saturated rings. The first kappa shape index (κ1) is 28.9. The minimum atomic E-state index is -0.659. The van der Waals surface area contributed by atoms with Crippen molar-refractivity contribution >= 4 is 35.2 Å². The molecule has 0 saturated heterocycles. The first-order valence-electron chi connectivity index (χ1n) is 15.1. The molecule has 4 aromatic rings. The number of alkyl carbamates (subject to hydrolysis) is 1. The SMILES string of the molecule is CC/C1=C/c2ccccc2CN(C(=O)CCNC(=O)CNC(=O)OCC2c3ccccc3-c3ccccc32)c2ccccc21. The first-order chi connectivity index (χ1) is 21.5. The van der Waals surface area contributed by atoms with Crippen LogP contribution < -0.4 is 15.5 Å². The number of anilines is 1. The summed E-state index contributed by atoms with van der Waals surface area (Å²) in [5.74, 6) is -0.535. The zero-order chi connectivity index (χ0) is 30.5. The maximum absolute atomic E-state index is 13.5. The van der Waals surface area contributed by atoms with Crippen molar-refractivity contribution in [3.05, 3.63) is 125 Å². The Balaban J connectivity index is 1.01. The molecule has 1 heterocycles. The van der Waals surface area contributed by atoms with Crippen LogP contribution in [0.25, 0.3) is 22.8 Å². The van der Waals surface area contributed by atoms with Gasteiger partial charge in [0, 0.05) is 24.4 Å². The summed E-state index contributed by atoms with van der Waals surface area (Å²) in [5.41, 5.74) is 9.78. The molecule has 2 aliphatic rings. The van der Waals surface area contributed by atoms with Crippen LogP contribution in [0.3, 0.4) is 0 Å². The van der Waals surface area contributed by atoms with Crippen LogP contribution in [0.1, 0.15) is 53.5 Å². The predicted octanol–water partition coefficient (Wildman–Crippen LogP) is 6.53. The average Bonchev–Trinajstić information content (AvgIpc) is 3.37. The molecule has 3 amide bonds. The lowest BCUT2D eigenvalue weighted by molar-refractivity contribution is -0.120. The minimum Gasteiger partial charge on any atom is -0.449 e. The summed E-state index contributed by atoms with van der Waals surface area (Å²) in [4.78, 5) is 40.3. The molecule has 0 unspecified atom stereocenters. The fourth-order valence-electron chi connectivity index (χ4n) is 6.14. The van der Waals surface area contributed by atoms with E-state index in [0.717, 1.165) is 56.6 Å². The summed E-state index contributed by atoms with van der Waals surface area (Å²) in [6.45, 7) is 2.64. The van der Waals surface area contributed by atoms with E-state index in [2.05, 4.69) is 60.0 Å². The molecule has 1 aliphatic carbocycles. The van der Waals surface area contributed by atoms with Gasteiger partial charge in [0.1, 0.15) is 6.61 Å². The van der Waals surface area contributed by atoms with E-state index >= 15 is 0 Å². The van der Waals surface area contributed by atoms with Crippen molar-refractivity contribution in [2.75, 3.05) is 24.6 Å². The Morgan fingerprint density at radius 3 is 2.16 bits per heavy atom. The number of amides is 3. The minimum absolute atomic E-state index is 0.0581. The highest BCUT2D eigenvalue weighted by atomic mass is 16.5. The van der Waals surface area contributed by atoms with E-state index in [0.29, 0.717) is 6.54 Å². The van der Waals surface area contributed by atoms with Gasteiger partial charge in [0.15, 0.2) is 0 Å². The number of allylic oxidation sites excluding steroid dienone is 1. The number of rotatable bonds is 8. The number of hydrogen-bond acceptors (Lipinski definition) is 4. The standard InChI is InChI=1S/C37H35N3O4/c1-2-25-21-26-11-3-4-12-27(26)23-40(34-18-10-9-13-28(25)34)36(42)19-20-38-35(41)22-39-37(43)44-24-33-31-16-7-5-14-29(31)30-15-6-8-17-32(30)33/h3-18,21,33H,2,19-20,22-24H2,1H3,(H,38,41)(H,39,43)/b25-21-. The van der Waals surface area contributed by atoms with Crippen LogP contribution in [0.5, 0.6) is 0 Å². The Labute approximate surface area is 257 Å². The molecular formula is C37H35N3O4. The average molecular weight is 586 g/mol. The first-order valence-corrected chi connectivity index (χ1v) is 15.1. The number of nitrogens with one attached hydrogen (secondary N) is 2. The Morgan fingerprint density at radius 2 is 1.43 bits per heavy atom. The van der Waals surface area contributed by atoms with Gasteiger partial charge in [0.2, 0.25) is 11.8 Å². The zero-order valence-electron chi connectivity index (χ0n) is 24.7. The summed E-state index contributed by atoms with van der Waals surface area (Å²) in [6, 6.07) is 32.3. The molecule has 0 bridgehead atoms. The highest BCUT2D eigenvalue weighted by Gasteiger charge is 2.29. The number of benzene rings is 4. The third-order valence-electron chi connectivity index (χ3n) is 8.33. The molecule has 222 valence electrons. The second kappa shape index (κ2) is 13.0. The van der Waals surface area contributed by atoms with Gasteiger partial charge in [-0.05, 0) is 51.4 Å². The van der Waals surface area contributed by atoms with Gasteiger partial charge in [-0.15, -0.1) is 0 Å². The van der Waals surface area contributed by atoms with Gasteiger partial charge in [0.05, 0.1) is 18.8 Å². The van der Waals surface area contributed by atoms with Crippen molar-refractivity contribution in [2.45, 2.75) is 32.2 Å². The van der Waals surface area contributed by atoms with Crippen molar-refractivity contribution < 1.29 is 19.1 Å². The highest BCUT2D eigenvalue weighted by Crippen LogP contribution is 2.44. The number of fused-ring (bicyclic) bond motifs is 5. The van der Waals surface area contributed by atoms with Gasteiger partial charge in [-0.1, -0.05) is 104 Å². The molecular weight excluding hydrogens is 550 g/mol. The third-order valence-corrected chi connectivity index (χ3v) is 8.33. The molecule has 2 N–H and O–H groups in total. The van der Waals surface area contributed by atoms with Crippen LogP contribution in [-0.2, 0) is 20.9 Å². The van der Waals surface area contributed by atoms with Crippen LogP contribution in [0.4, 0.5) is 10.5 Å². The number of carbonyl (C=O) groups is 3. The van der Waals surface area contributed by atoms with E-state index in [-0.39, 0.29) is 43.8 Å². The predicted molar refractivity (Wildman–Crippen MR) is 173 cm³/mol. The van der Waals surface area contributed by atoms with Crippen molar-refractivity contribution in [1.29, 1.82) is 0 Å². The lowest BCUT2D eigenvalue weighted by atomic mass is 9.93. The monoisotopic (exact) mass is 585 g/mol. The smallest absolute Gasteiger partial charge is 0.407 e. The Kier molecular flexibility index (Phi) is 8.55. The number of nitrogens with zero attached hydrogens (tertiary/aromatic N) is 1. The molecule has 0 atom stereocenters. The second-order valence-corrected chi connectivity index (χ2v) is 11.0. The molecule has 0 radical (unpaired) electrons. The van der Waals surface area contributed by atoms with E-state index in [9.17, 15) is 14.4 Å². The van der Waals surface area contributed by atoms with E-state index in [4.69, 9.17) is 4.74 Å². The third kappa shape index (κ3) is 5.99. The zero-order valence-corrected chi connectivity index (χ0v) is 24.7. The van der Waals surface area contributed by atoms with Crippen molar-refractivity contribution in [1.82, 2.24) is 10.6 Å². The number of para-hydroxylation sites is 1. The number of carbonyl (C=O) groups excluding carboxylic acids is 3. The molecule has 0 spiro atoms. The van der Waals surface area contributed by atoms with Gasteiger partial charge >= 0.3 is 6.09 Å². The summed E-state index contributed by atoms with van der Waals surface area (Å²) in [7, 11) is 0. The maximum atomic E-state index is 13.5. The number of hydrogen-bond donors (Lipinski definition) is 2. The fraction of sp³-hybridized carbons (Fsp3) is 0.216. The van der Waals surface area contributed by atoms with Gasteiger partial charge in [-0.25, -0.2) is 4.79 Å². The van der Waals surface area contributed by atoms with E-state index in [1.165, 1.54) is 0 Å². The Hall–Kier alpha value is -5.17. The van der Waals surface area contributed by atoms with Crippen molar-refractivity contribution in [3.8, 4) is 11.1 Å². The lowest BCUT2D eigenvalue weighted by Crippen LogP contribution is -2.39. The molecule has 7 heteroatoms. The highest BCUT2D eigenvalue weighted by molar-refractivity contribution is 5.99. The molecule has 0 aromatic heterocycles. The van der Waals surface area contributed by atoms with Crippen molar-refractivity contribution in [2.24, 2.45) is 0 Å². The number of ether oxygens (including phenoxy) is 1. The largest absolute Gasteiger partial charge is 0.449 e. The molecule has 6 rings (SSSR count). The Morgan fingerprint density at radius 1 is 0.795 bits per heavy atom. The Bertz CT molecular complexity index is 1700. The van der Waals surface area contributed by atoms with Gasteiger partial charge < -0.3 is 20.3 Å². The van der Waals surface area contributed by atoms with Gasteiger partial charge in [0.25, 0.3) is 0 Å². The molecule has 4 aromatic carbocycles. The molecule has 7 nitrogen and oxygen atoms in total. The maximum Gasteiger partial charge on any atom is 0.407 e. The van der Waals surface area contributed by atoms with Crippen molar-refractivity contribution in [3.63, 3.8) is 0 Å². The molecule has 1 aliphatic heterocycles. The van der Waals surface area contributed by atoms with Crippen LogP contribution in [0.2, 0.25) is 0 Å². The van der Waals surface area contributed by atoms with Gasteiger partial charge in [-0.3, -0.25) is 9.59 Å². The van der Waals surface area contributed by atoms with Crippen LogP contribution >= 0.6 is 0 Å². The summed E-state index contributed by atoms with van der Waals surface area (Å²) < 4.78 is 5.52. The molecule has 0 saturated carbocycles. The normalized spacial score (nSPS) is 14.5. The van der Waals surface area contributed by atoms with Crippen LogP contribution in [0, 0.1) is 0 Å². The summed E-state index contributed by atoms with van der Waals surface area (Å²) in [6.07, 6.45) is 2.51. The summed E-state index contributed by atoms with van der Waals surface area (Å²) >= 11 is 0. The lowest BCUT2D eigenvalue weighted by Gasteiger charge is -2.29. The fourth-order valence-corrected chi connectivity index (χ4v) is 6.14. The van der Waals surface area contributed by atoms with Crippen LogP contribution in [-0.4, -0.2) is 37.6 Å². The molecule has 44 heavy (non-hydrogen) atoms. The second-order valence-electron chi connectivity index (χ2n) is 11.0. The van der Waals surface area contributed by atoms with E-state index in [1.54, 1.807) is 4.90 Å². The van der Waals surface area contributed by atoms with Crippen LogP contribution in [0.15, 0.2) is 97.1 Å². The summed E-state index contributed by atoms with van der Waals surface area (Å²) in [5, 5.41) is 5.29. The van der Waals surface area contributed by atoms with E-state index in [1.807, 2.05) is 60.7 Å².